The van der Waals surface area contributed by atoms with Crippen LogP contribution in [0.25, 0.3) is 0 Å². The highest BCUT2D eigenvalue weighted by molar-refractivity contribution is 5.24. The Bertz CT molecular complexity index is 315. The summed E-state index contributed by atoms with van der Waals surface area (Å²) in [5.74, 6) is 0.678. The van der Waals surface area contributed by atoms with Gasteiger partial charge >= 0.3 is 0 Å². The van der Waals surface area contributed by atoms with Crippen LogP contribution in [0.1, 0.15) is 38.2 Å². The molecule has 1 heteroatoms. The maximum atomic E-state index is 2.49. The van der Waals surface area contributed by atoms with Crippen molar-refractivity contribution in [3.05, 3.63) is 35.9 Å². The topological polar surface area (TPSA) is 3.24 Å². The molecule has 15 heavy (non-hydrogen) atoms. The van der Waals surface area contributed by atoms with Crippen LogP contribution in [-0.4, -0.2) is 24.0 Å². The highest BCUT2D eigenvalue weighted by atomic mass is 15.2. The van der Waals surface area contributed by atoms with Gasteiger partial charge in [0.1, 0.15) is 0 Å². The Morgan fingerprint density at radius 3 is 2.53 bits per heavy atom. The quantitative estimate of drug-likeness (QED) is 0.677. The molecule has 1 heterocycles. The van der Waals surface area contributed by atoms with Gasteiger partial charge in [0.05, 0.1) is 0 Å². The fourth-order valence-electron chi connectivity index (χ4n) is 2.70. The molecule has 0 aliphatic carbocycles. The summed E-state index contributed by atoms with van der Waals surface area (Å²) in [6.45, 7) is 5.96. The first-order valence-corrected chi connectivity index (χ1v) is 5.88. The van der Waals surface area contributed by atoms with Crippen molar-refractivity contribution >= 4 is 0 Å². The minimum atomic E-state index is 0.291. The van der Waals surface area contributed by atoms with Crippen LogP contribution in [-0.2, 0) is 0 Å². The molecule has 0 amide bonds. The fourth-order valence-corrected chi connectivity index (χ4v) is 2.70. The maximum absolute atomic E-state index is 2.49. The van der Waals surface area contributed by atoms with Crippen LogP contribution < -0.4 is 0 Å². The second-order valence-corrected chi connectivity index (χ2v) is 5.18. The number of benzene rings is 1. The molecule has 0 saturated carbocycles. The summed E-state index contributed by atoms with van der Waals surface area (Å²) in [7, 11) is 2.25. The molecule has 0 unspecified atom stereocenters. The lowest BCUT2D eigenvalue weighted by molar-refractivity contribution is 0.0825. The Morgan fingerprint density at radius 1 is 1.20 bits per heavy atom. The first-order chi connectivity index (χ1) is 7.12. The van der Waals surface area contributed by atoms with Crippen molar-refractivity contribution in [1.29, 1.82) is 0 Å². The molecule has 0 aromatic heterocycles. The van der Waals surface area contributed by atoms with Gasteiger partial charge in [0, 0.05) is 11.5 Å². The predicted octanol–water partition coefficient (Wildman–Crippen LogP) is 3.27. The largest absolute Gasteiger partial charge is 0.301 e. The third kappa shape index (κ3) is 1.93. The van der Waals surface area contributed by atoms with Crippen molar-refractivity contribution in [2.45, 2.75) is 38.1 Å². The first-order valence-electron chi connectivity index (χ1n) is 5.88. The SMILES string of the molecule is CN1CCC[C@H](c2ccccc2)C1(C)C. The van der Waals surface area contributed by atoms with Crippen LogP contribution in [0.3, 0.4) is 0 Å². The van der Waals surface area contributed by atoms with E-state index in [0.29, 0.717) is 11.5 Å². The number of hydrogen-bond donors (Lipinski definition) is 0. The molecular formula is C14H21N. The molecule has 1 aromatic rings. The van der Waals surface area contributed by atoms with E-state index >= 15 is 0 Å². The summed E-state index contributed by atoms with van der Waals surface area (Å²) in [5, 5.41) is 0. The van der Waals surface area contributed by atoms with E-state index in [1.165, 1.54) is 24.9 Å². The van der Waals surface area contributed by atoms with Gasteiger partial charge in [0.2, 0.25) is 0 Å². The lowest BCUT2D eigenvalue weighted by atomic mass is 9.75. The average Bonchev–Trinajstić information content (AvgIpc) is 2.23. The molecule has 1 fully saturated rings. The van der Waals surface area contributed by atoms with E-state index in [0.717, 1.165) is 0 Å². The normalized spacial score (nSPS) is 26.5. The standard InChI is InChI=1S/C14H21N/c1-14(2)13(10-7-11-15(14)3)12-8-5-4-6-9-12/h4-6,8-9,13H,7,10-11H2,1-3H3/t13-/m1/s1. The van der Waals surface area contributed by atoms with E-state index in [9.17, 15) is 0 Å². The zero-order valence-electron chi connectivity index (χ0n) is 10.0. The minimum Gasteiger partial charge on any atom is -0.301 e. The highest BCUT2D eigenvalue weighted by Gasteiger charge is 2.36. The van der Waals surface area contributed by atoms with Gasteiger partial charge in [0.25, 0.3) is 0 Å². The van der Waals surface area contributed by atoms with Gasteiger partial charge < -0.3 is 4.90 Å². The van der Waals surface area contributed by atoms with E-state index < -0.39 is 0 Å². The predicted molar refractivity (Wildman–Crippen MR) is 65.1 cm³/mol. The van der Waals surface area contributed by atoms with Gasteiger partial charge in [-0.15, -0.1) is 0 Å². The van der Waals surface area contributed by atoms with Crippen molar-refractivity contribution < 1.29 is 0 Å². The van der Waals surface area contributed by atoms with Crippen LogP contribution in [0.2, 0.25) is 0 Å². The fraction of sp³-hybridized carbons (Fsp3) is 0.571. The van der Waals surface area contributed by atoms with Crippen molar-refractivity contribution in [2.75, 3.05) is 13.6 Å². The Balaban J connectivity index is 2.28. The number of likely N-dealkylation sites (tertiary alicyclic amines) is 1. The van der Waals surface area contributed by atoms with Crippen LogP contribution in [0.15, 0.2) is 30.3 Å². The summed E-state index contributed by atoms with van der Waals surface area (Å²) in [5.41, 5.74) is 1.79. The number of rotatable bonds is 1. The minimum absolute atomic E-state index is 0.291. The molecule has 0 bridgehead atoms. The third-order valence-corrected chi connectivity index (χ3v) is 4.02. The van der Waals surface area contributed by atoms with E-state index in [-0.39, 0.29) is 0 Å². The molecule has 2 rings (SSSR count). The van der Waals surface area contributed by atoms with Crippen LogP contribution >= 0.6 is 0 Å². The molecule has 0 spiro atoms. The molecule has 1 atom stereocenters. The summed E-state index contributed by atoms with van der Waals surface area (Å²) in [6.07, 6.45) is 2.64. The molecule has 1 aliphatic rings. The molecule has 82 valence electrons. The van der Waals surface area contributed by atoms with Crippen LogP contribution in [0.4, 0.5) is 0 Å². The van der Waals surface area contributed by atoms with Crippen molar-refractivity contribution in [3.63, 3.8) is 0 Å². The van der Waals surface area contributed by atoms with Gasteiger partial charge in [-0.3, -0.25) is 0 Å². The Hall–Kier alpha value is -0.820. The molecule has 1 saturated heterocycles. The number of nitrogens with zero attached hydrogens (tertiary/aromatic N) is 1. The lowest BCUT2D eigenvalue weighted by Crippen LogP contribution is -2.49. The molecule has 1 aromatic carbocycles. The summed E-state index contributed by atoms with van der Waals surface area (Å²) in [6, 6.07) is 10.9. The van der Waals surface area contributed by atoms with Gasteiger partial charge in [-0.2, -0.15) is 0 Å². The van der Waals surface area contributed by atoms with Crippen molar-refractivity contribution in [1.82, 2.24) is 4.90 Å². The van der Waals surface area contributed by atoms with E-state index in [1.807, 2.05) is 0 Å². The zero-order chi connectivity index (χ0) is 10.9. The smallest absolute Gasteiger partial charge is 0.0218 e. The Labute approximate surface area is 93.1 Å². The number of likely N-dealkylation sites (N-methyl/N-ethyl adjacent to an activating group) is 1. The molecule has 1 nitrogen and oxygen atoms in total. The second kappa shape index (κ2) is 3.97. The summed E-state index contributed by atoms with van der Waals surface area (Å²) < 4.78 is 0. The highest BCUT2D eigenvalue weighted by Crippen LogP contribution is 2.39. The number of piperidine rings is 1. The molecular weight excluding hydrogens is 182 g/mol. The number of hydrogen-bond acceptors (Lipinski definition) is 1. The van der Waals surface area contributed by atoms with Crippen LogP contribution in [0, 0.1) is 0 Å². The monoisotopic (exact) mass is 203 g/mol. The average molecular weight is 203 g/mol. The van der Waals surface area contributed by atoms with E-state index in [4.69, 9.17) is 0 Å². The van der Waals surface area contributed by atoms with E-state index in [1.54, 1.807) is 0 Å². The van der Waals surface area contributed by atoms with Gasteiger partial charge in [-0.1, -0.05) is 30.3 Å². The third-order valence-electron chi connectivity index (χ3n) is 4.02. The van der Waals surface area contributed by atoms with Gasteiger partial charge in [-0.25, -0.2) is 0 Å². The lowest BCUT2D eigenvalue weighted by Gasteiger charge is -2.46. The Kier molecular flexibility index (Phi) is 2.83. The first kappa shape index (κ1) is 10.7. The van der Waals surface area contributed by atoms with Crippen LogP contribution in [0.5, 0.6) is 0 Å². The zero-order valence-corrected chi connectivity index (χ0v) is 10.0. The van der Waals surface area contributed by atoms with Gasteiger partial charge in [0.15, 0.2) is 0 Å². The summed E-state index contributed by atoms with van der Waals surface area (Å²) >= 11 is 0. The van der Waals surface area contributed by atoms with Crippen molar-refractivity contribution in [2.24, 2.45) is 0 Å². The molecule has 0 radical (unpaired) electrons. The van der Waals surface area contributed by atoms with E-state index in [2.05, 4.69) is 56.1 Å². The van der Waals surface area contributed by atoms with Gasteiger partial charge in [-0.05, 0) is 45.8 Å². The maximum Gasteiger partial charge on any atom is 0.0218 e. The van der Waals surface area contributed by atoms with Crippen molar-refractivity contribution in [3.8, 4) is 0 Å². The second-order valence-electron chi connectivity index (χ2n) is 5.18. The molecule has 0 N–H and O–H groups in total. The molecule has 1 aliphatic heterocycles. The summed E-state index contributed by atoms with van der Waals surface area (Å²) in [4.78, 5) is 2.49. The Morgan fingerprint density at radius 2 is 1.87 bits per heavy atom.